The van der Waals surface area contributed by atoms with E-state index >= 15 is 0 Å². The monoisotopic (exact) mass is 249 g/mol. The summed E-state index contributed by atoms with van der Waals surface area (Å²) >= 11 is 0. The highest BCUT2D eigenvalue weighted by Gasteiger charge is 2.17. The predicted octanol–water partition coefficient (Wildman–Crippen LogP) is 1.72. The quantitative estimate of drug-likeness (QED) is 0.883. The van der Waals surface area contributed by atoms with Crippen LogP contribution in [0.1, 0.15) is 41.6 Å². The molecule has 1 saturated heterocycles. The molecule has 1 fully saturated rings. The smallest absolute Gasteiger partial charge is 0.339 e. The van der Waals surface area contributed by atoms with E-state index in [0.29, 0.717) is 18.1 Å². The van der Waals surface area contributed by atoms with Crippen LogP contribution in [-0.4, -0.2) is 39.0 Å². The van der Waals surface area contributed by atoms with E-state index in [1.165, 1.54) is 19.0 Å². The molecule has 1 aromatic heterocycles. The number of piperidine rings is 1. The van der Waals surface area contributed by atoms with E-state index in [0.717, 1.165) is 19.0 Å². The lowest BCUT2D eigenvalue weighted by Crippen LogP contribution is -2.33. The maximum atomic E-state index is 10.9. The molecule has 0 amide bonds. The van der Waals surface area contributed by atoms with Crippen molar-refractivity contribution in [1.82, 2.24) is 14.9 Å². The summed E-state index contributed by atoms with van der Waals surface area (Å²) in [4.78, 5) is 21.6. The summed E-state index contributed by atoms with van der Waals surface area (Å²) < 4.78 is 0. The number of rotatable bonds is 3. The van der Waals surface area contributed by atoms with E-state index in [4.69, 9.17) is 5.11 Å². The van der Waals surface area contributed by atoms with Crippen molar-refractivity contribution in [3.05, 3.63) is 23.3 Å². The van der Waals surface area contributed by atoms with Crippen molar-refractivity contribution in [2.45, 2.75) is 33.2 Å². The van der Waals surface area contributed by atoms with E-state index in [1.807, 2.05) is 0 Å². The molecule has 2 heterocycles. The van der Waals surface area contributed by atoms with Crippen molar-refractivity contribution >= 4 is 5.97 Å². The molecule has 0 atom stereocenters. The summed E-state index contributed by atoms with van der Waals surface area (Å²) in [5.41, 5.74) is 0.726. The molecule has 0 aromatic carbocycles. The zero-order valence-electron chi connectivity index (χ0n) is 10.9. The molecule has 0 unspecified atom stereocenters. The third-order valence-electron chi connectivity index (χ3n) is 3.50. The Morgan fingerprint density at radius 3 is 2.72 bits per heavy atom. The van der Waals surface area contributed by atoms with E-state index in [2.05, 4.69) is 21.8 Å². The normalized spacial score (nSPS) is 17.9. The van der Waals surface area contributed by atoms with Gasteiger partial charge in [-0.05, 0) is 38.8 Å². The zero-order valence-corrected chi connectivity index (χ0v) is 10.9. The maximum Gasteiger partial charge on any atom is 0.339 e. The highest BCUT2D eigenvalue weighted by Crippen LogP contribution is 2.17. The molecule has 0 spiro atoms. The molecule has 1 aromatic rings. The van der Waals surface area contributed by atoms with Crippen LogP contribution in [0.3, 0.4) is 0 Å². The maximum absolute atomic E-state index is 10.9. The van der Waals surface area contributed by atoms with Crippen LogP contribution in [0.5, 0.6) is 0 Å². The molecule has 1 N–H and O–H groups in total. The molecule has 98 valence electrons. The molecule has 18 heavy (non-hydrogen) atoms. The SMILES string of the molecule is Cc1nc(CN2CCC(C)CC2)ncc1C(=O)O. The second kappa shape index (κ2) is 5.44. The van der Waals surface area contributed by atoms with Gasteiger partial charge in [0.25, 0.3) is 0 Å². The predicted molar refractivity (Wildman–Crippen MR) is 67.4 cm³/mol. The Hall–Kier alpha value is -1.49. The summed E-state index contributed by atoms with van der Waals surface area (Å²) in [6.07, 6.45) is 3.84. The first-order valence-electron chi connectivity index (χ1n) is 6.34. The van der Waals surface area contributed by atoms with Crippen LogP contribution in [-0.2, 0) is 6.54 Å². The second-order valence-electron chi connectivity index (χ2n) is 5.05. The number of carboxylic acid groups (broad SMARTS) is 1. The fraction of sp³-hybridized carbons (Fsp3) is 0.615. The highest BCUT2D eigenvalue weighted by molar-refractivity contribution is 5.88. The molecule has 5 nitrogen and oxygen atoms in total. The van der Waals surface area contributed by atoms with Crippen LogP contribution in [0.15, 0.2) is 6.20 Å². The van der Waals surface area contributed by atoms with Gasteiger partial charge in [0.15, 0.2) is 0 Å². The number of nitrogens with zero attached hydrogens (tertiary/aromatic N) is 3. The molecule has 0 saturated carbocycles. The first kappa shape index (κ1) is 13.0. The number of aryl methyl sites for hydroxylation is 1. The lowest BCUT2D eigenvalue weighted by molar-refractivity contribution is 0.0695. The van der Waals surface area contributed by atoms with Gasteiger partial charge in [-0.1, -0.05) is 6.92 Å². The molecular formula is C13H19N3O2. The minimum Gasteiger partial charge on any atom is -0.478 e. The van der Waals surface area contributed by atoms with E-state index in [1.54, 1.807) is 6.92 Å². The fourth-order valence-corrected chi connectivity index (χ4v) is 2.22. The van der Waals surface area contributed by atoms with Gasteiger partial charge in [0.1, 0.15) is 5.82 Å². The number of carbonyl (C=O) groups is 1. The van der Waals surface area contributed by atoms with E-state index in [9.17, 15) is 4.79 Å². The molecule has 1 aliphatic heterocycles. The van der Waals surface area contributed by atoms with Crippen LogP contribution < -0.4 is 0 Å². The van der Waals surface area contributed by atoms with Gasteiger partial charge in [-0.3, -0.25) is 4.90 Å². The Morgan fingerprint density at radius 2 is 2.17 bits per heavy atom. The summed E-state index contributed by atoms with van der Waals surface area (Å²) in [6, 6.07) is 0. The van der Waals surface area contributed by atoms with Crippen molar-refractivity contribution in [3.8, 4) is 0 Å². The number of carboxylic acids is 1. The first-order valence-corrected chi connectivity index (χ1v) is 6.34. The molecule has 1 aliphatic rings. The van der Waals surface area contributed by atoms with Gasteiger partial charge in [0.2, 0.25) is 0 Å². The van der Waals surface area contributed by atoms with E-state index < -0.39 is 5.97 Å². The van der Waals surface area contributed by atoms with Crippen LogP contribution in [0.4, 0.5) is 0 Å². The average Bonchev–Trinajstić information content (AvgIpc) is 2.32. The molecule has 0 radical (unpaired) electrons. The second-order valence-corrected chi connectivity index (χ2v) is 5.05. The largest absolute Gasteiger partial charge is 0.478 e. The Kier molecular flexibility index (Phi) is 3.91. The lowest BCUT2D eigenvalue weighted by Gasteiger charge is -2.29. The minimum absolute atomic E-state index is 0.186. The van der Waals surface area contributed by atoms with Crippen LogP contribution >= 0.6 is 0 Å². The van der Waals surface area contributed by atoms with E-state index in [-0.39, 0.29) is 5.56 Å². The number of hydrogen-bond donors (Lipinski definition) is 1. The lowest BCUT2D eigenvalue weighted by atomic mass is 9.99. The summed E-state index contributed by atoms with van der Waals surface area (Å²) in [7, 11) is 0. The summed E-state index contributed by atoms with van der Waals surface area (Å²) in [6.45, 7) is 6.86. The topological polar surface area (TPSA) is 66.3 Å². The van der Waals surface area contributed by atoms with Crippen molar-refractivity contribution in [2.75, 3.05) is 13.1 Å². The van der Waals surface area contributed by atoms with Gasteiger partial charge < -0.3 is 5.11 Å². The third-order valence-corrected chi connectivity index (χ3v) is 3.50. The molecule has 5 heteroatoms. The van der Waals surface area contributed by atoms with Crippen molar-refractivity contribution in [2.24, 2.45) is 5.92 Å². The Balaban J connectivity index is 2.02. The number of aromatic carboxylic acids is 1. The standard InChI is InChI=1S/C13H19N3O2/c1-9-3-5-16(6-4-9)8-12-14-7-11(13(17)18)10(2)15-12/h7,9H,3-6,8H2,1-2H3,(H,17,18). The van der Waals surface area contributed by atoms with Crippen LogP contribution in [0.2, 0.25) is 0 Å². The van der Waals surface area contributed by atoms with Crippen molar-refractivity contribution in [1.29, 1.82) is 0 Å². The highest BCUT2D eigenvalue weighted by atomic mass is 16.4. The molecular weight excluding hydrogens is 230 g/mol. The van der Waals surface area contributed by atoms with Gasteiger partial charge >= 0.3 is 5.97 Å². The zero-order chi connectivity index (χ0) is 13.1. The Bertz CT molecular complexity index is 440. The van der Waals surface area contributed by atoms with Gasteiger partial charge in [-0.25, -0.2) is 14.8 Å². The summed E-state index contributed by atoms with van der Waals surface area (Å²) in [5, 5.41) is 8.92. The third kappa shape index (κ3) is 3.04. The minimum atomic E-state index is -0.967. The molecule has 2 rings (SSSR count). The van der Waals surface area contributed by atoms with Crippen molar-refractivity contribution < 1.29 is 9.90 Å². The summed E-state index contributed by atoms with van der Waals surface area (Å²) in [5.74, 6) is 0.552. The number of aromatic nitrogens is 2. The fourth-order valence-electron chi connectivity index (χ4n) is 2.22. The first-order chi connectivity index (χ1) is 8.56. The van der Waals surface area contributed by atoms with Crippen LogP contribution in [0.25, 0.3) is 0 Å². The number of hydrogen-bond acceptors (Lipinski definition) is 4. The molecule has 0 bridgehead atoms. The van der Waals surface area contributed by atoms with Gasteiger partial charge in [0, 0.05) is 6.20 Å². The van der Waals surface area contributed by atoms with Gasteiger partial charge in [-0.15, -0.1) is 0 Å². The van der Waals surface area contributed by atoms with Crippen LogP contribution in [0, 0.1) is 12.8 Å². The number of likely N-dealkylation sites (tertiary alicyclic amines) is 1. The van der Waals surface area contributed by atoms with Gasteiger partial charge in [-0.2, -0.15) is 0 Å². The van der Waals surface area contributed by atoms with Crippen molar-refractivity contribution in [3.63, 3.8) is 0 Å². The Labute approximate surface area is 107 Å². The Morgan fingerprint density at radius 1 is 1.50 bits per heavy atom. The average molecular weight is 249 g/mol. The van der Waals surface area contributed by atoms with Gasteiger partial charge in [0.05, 0.1) is 17.8 Å². The molecule has 0 aliphatic carbocycles.